The highest BCUT2D eigenvalue weighted by Crippen LogP contribution is 2.21. The molecule has 4 nitrogen and oxygen atoms in total. The Kier molecular flexibility index (Phi) is 5.41. The average Bonchev–Trinajstić information content (AvgIpc) is 2.35. The lowest BCUT2D eigenvalue weighted by molar-refractivity contribution is 0.0140. The minimum Gasteiger partial charge on any atom is -0.390 e. The summed E-state index contributed by atoms with van der Waals surface area (Å²) in [5.74, 6) is 0. The predicted octanol–water partition coefficient (Wildman–Crippen LogP) is 0.756. The van der Waals surface area contributed by atoms with Crippen molar-refractivity contribution in [2.75, 3.05) is 32.6 Å². The first kappa shape index (κ1) is 14.0. The Balaban J connectivity index is 2.65. The third kappa shape index (κ3) is 4.00. The summed E-state index contributed by atoms with van der Waals surface area (Å²) in [6.07, 6.45) is -1.01. The Labute approximate surface area is 103 Å². The number of anilines is 1. The molecule has 0 saturated heterocycles. The molecular weight excluding hydrogens is 216 g/mol. The molecular formula is C13H22N2O2. The Morgan fingerprint density at radius 1 is 1.18 bits per heavy atom. The maximum absolute atomic E-state index is 9.95. The van der Waals surface area contributed by atoms with Crippen molar-refractivity contribution in [1.82, 2.24) is 5.32 Å². The molecule has 0 aliphatic heterocycles. The number of benzene rings is 1. The molecule has 1 aromatic carbocycles. The molecule has 2 unspecified atom stereocenters. The van der Waals surface area contributed by atoms with Gasteiger partial charge in [0.05, 0.1) is 6.10 Å². The standard InChI is InChI=1S/C13H22N2O2/c1-14-9-8-12(16)13(17)10-4-6-11(7-5-10)15(2)3/h4-7,12-14,16-17H,8-9H2,1-3H3. The van der Waals surface area contributed by atoms with Gasteiger partial charge in [-0.3, -0.25) is 0 Å². The summed E-state index contributed by atoms with van der Waals surface area (Å²) >= 11 is 0. The fraction of sp³-hybridized carbons (Fsp3) is 0.538. The molecule has 0 amide bonds. The number of nitrogens with zero attached hydrogens (tertiary/aromatic N) is 1. The highest BCUT2D eigenvalue weighted by Gasteiger charge is 2.17. The van der Waals surface area contributed by atoms with E-state index in [0.29, 0.717) is 13.0 Å². The molecule has 0 aromatic heterocycles. The summed E-state index contributed by atoms with van der Waals surface area (Å²) in [4.78, 5) is 1.99. The van der Waals surface area contributed by atoms with Crippen molar-refractivity contribution in [3.05, 3.63) is 29.8 Å². The van der Waals surface area contributed by atoms with Crippen LogP contribution in [0.5, 0.6) is 0 Å². The van der Waals surface area contributed by atoms with Gasteiger partial charge in [0, 0.05) is 19.8 Å². The van der Waals surface area contributed by atoms with E-state index < -0.39 is 12.2 Å². The predicted molar refractivity (Wildman–Crippen MR) is 70.3 cm³/mol. The fourth-order valence-electron chi connectivity index (χ4n) is 1.64. The van der Waals surface area contributed by atoms with E-state index in [1.807, 2.05) is 50.3 Å². The van der Waals surface area contributed by atoms with Crippen LogP contribution in [-0.2, 0) is 0 Å². The van der Waals surface area contributed by atoms with E-state index in [0.717, 1.165) is 11.3 Å². The molecule has 17 heavy (non-hydrogen) atoms. The van der Waals surface area contributed by atoms with E-state index >= 15 is 0 Å². The second-order valence-corrected chi connectivity index (χ2v) is 4.39. The zero-order chi connectivity index (χ0) is 12.8. The van der Waals surface area contributed by atoms with Gasteiger partial charge in [0.1, 0.15) is 6.10 Å². The van der Waals surface area contributed by atoms with Crippen LogP contribution >= 0.6 is 0 Å². The van der Waals surface area contributed by atoms with Crippen LogP contribution in [0.3, 0.4) is 0 Å². The van der Waals surface area contributed by atoms with E-state index in [4.69, 9.17) is 0 Å². The molecule has 96 valence electrons. The first-order chi connectivity index (χ1) is 8.06. The minimum absolute atomic E-state index is 0.535. The first-order valence-corrected chi connectivity index (χ1v) is 5.84. The largest absolute Gasteiger partial charge is 0.390 e. The second kappa shape index (κ2) is 6.59. The van der Waals surface area contributed by atoms with Gasteiger partial charge in [-0.2, -0.15) is 0 Å². The maximum atomic E-state index is 9.95. The monoisotopic (exact) mass is 238 g/mol. The number of nitrogens with one attached hydrogen (secondary N) is 1. The molecule has 0 aliphatic carbocycles. The highest BCUT2D eigenvalue weighted by atomic mass is 16.3. The van der Waals surface area contributed by atoms with Crippen molar-refractivity contribution in [2.24, 2.45) is 0 Å². The summed E-state index contributed by atoms with van der Waals surface area (Å²) in [5.41, 5.74) is 1.82. The van der Waals surface area contributed by atoms with Crippen LogP contribution in [0.2, 0.25) is 0 Å². The number of rotatable bonds is 6. The van der Waals surface area contributed by atoms with Gasteiger partial charge < -0.3 is 20.4 Å². The lowest BCUT2D eigenvalue weighted by Crippen LogP contribution is -2.23. The quantitative estimate of drug-likeness (QED) is 0.685. The molecule has 0 fully saturated rings. The van der Waals surface area contributed by atoms with Gasteiger partial charge in [0.2, 0.25) is 0 Å². The Morgan fingerprint density at radius 2 is 1.76 bits per heavy atom. The van der Waals surface area contributed by atoms with Crippen molar-refractivity contribution < 1.29 is 10.2 Å². The van der Waals surface area contributed by atoms with Crippen LogP contribution in [0.25, 0.3) is 0 Å². The molecule has 0 bridgehead atoms. The van der Waals surface area contributed by atoms with Crippen molar-refractivity contribution >= 4 is 5.69 Å². The molecule has 0 radical (unpaired) electrons. The molecule has 0 heterocycles. The zero-order valence-electron chi connectivity index (χ0n) is 10.7. The minimum atomic E-state index is -0.820. The number of aliphatic hydroxyl groups is 2. The second-order valence-electron chi connectivity index (χ2n) is 4.39. The first-order valence-electron chi connectivity index (χ1n) is 5.84. The topological polar surface area (TPSA) is 55.7 Å². The van der Waals surface area contributed by atoms with Gasteiger partial charge in [-0.05, 0) is 37.7 Å². The average molecular weight is 238 g/mol. The van der Waals surface area contributed by atoms with Crippen LogP contribution in [-0.4, -0.2) is 44.0 Å². The highest BCUT2D eigenvalue weighted by molar-refractivity contribution is 5.46. The molecule has 0 saturated carbocycles. The molecule has 3 N–H and O–H groups in total. The van der Waals surface area contributed by atoms with E-state index in [-0.39, 0.29) is 0 Å². The summed E-state index contributed by atoms with van der Waals surface area (Å²) in [5, 5.41) is 22.7. The third-order valence-corrected chi connectivity index (χ3v) is 2.81. The molecule has 4 heteroatoms. The van der Waals surface area contributed by atoms with Gasteiger partial charge >= 0.3 is 0 Å². The summed E-state index contributed by atoms with van der Waals surface area (Å²) < 4.78 is 0. The SMILES string of the molecule is CNCCC(O)C(O)c1ccc(N(C)C)cc1. The maximum Gasteiger partial charge on any atom is 0.105 e. The summed E-state index contributed by atoms with van der Waals surface area (Å²) in [6.45, 7) is 0.689. The number of aliphatic hydroxyl groups excluding tert-OH is 2. The number of hydrogen-bond donors (Lipinski definition) is 3. The van der Waals surface area contributed by atoms with Crippen molar-refractivity contribution in [1.29, 1.82) is 0 Å². The van der Waals surface area contributed by atoms with E-state index in [1.165, 1.54) is 0 Å². The van der Waals surface area contributed by atoms with E-state index in [1.54, 1.807) is 0 Å². The molecule has 0 spiro atoms. The third-order valence-electron chi connectivity index (χ3n) is 2.81. The zero-order valence-corrected chi connectivity index (χ0v) is 10.7. The smallest absolute Gasteiger partial charge is 0.105 e. The van der Waals surface area contributed by atoms with Crippen LogP contribution in [0, 0.1) is 0 Å². The Bertz CT molecular complexity index is 325. The van der Waals surface area contributed by atoms with Gasteiger partial charge in [0.15, 0.2) is 0 Å². The van der Waals surface area contributed by atoms with Crippen LogP contribution in [0.1, 0.15) is 18.1 Å². The lowest BCUT2D eigenvalue weighted by atomic mass is 10.0. The summed E-state index contributed by atoms with van der Waals surface area (Å²) in [7, 11) is 5.76. The van der Waals surface area contributed by atoms with Crippen LogP contribution in [0.15, 0.2) is 24.3 Å². The van der Waals surface area contributed by atoms with Crippen LogP contribution in [0.4, 0.5) is 5.69 Å². The van der Waals surface area contributed by atoms with Gasteiger partial charge in [-0.15, -0.1) is 0 Å². The van der Waals surface area contributed by atoms with Crippen molar-refractivity contribution in [2.45, 2.75) is 18.6 Å². The molecule has 1 rings (SSSR count). The Hall–Kier alpha value is -1.10. The van der Waals surface area contributed by atoms with E-state index in [2.05, 4.69) is 5.32 Å². The van der Waals surface area contributed by atoms with Gasteiger partial charge in [-0.25, -0.2) is 0 Å². The van der Waals surface area contributed by atoms with Crippen LogP contribution < -0.4 is 10.2 Å². The van der Waals surface area contributed by atoms with Gasteiger partial charge in [-0.1, -0.05) is 12.1 Å². The normalized spacial score (nSPS) is 14.4. The Morgan fingerprint density at radius 3 is 2.24 bits per heavy atom. The number of hydrogen-bond acceptors (Lipinski definition) is 4. The molecule has 2 atom stereocenters. The lowest BCUT2D eigenvalue weighted by Gasteiger charge is -2.19. The molecule has 0 aliphatic rings. The van der Waals surface area contributed by atoms with Crippen molar-refractivity contribution in [3.63, 3.8) is 0 Å². The van der Waals surface area contributed by atoms with E-state index in [9.17, 15) is 10.2 Å². The van der Waals surface area contributed by atoms with Crippen molar-refractivity contribution in [3.8, 4) is 0 Å². The molecule has 1 aromatic rings. The summed E-state index contributed by atoms with van der Waals surface area (Å²) in [6, 6.07) is 7.57. The fourth-order valence-corrected chi connectivity index (χ4v) is 1.64. The van der Waals surface area contributed by atoms with Gasteiger partial charge in [0.25, 0.3) is 0 Å².